The van der Waals surface area contributed by atoms with Gasteiger partial charge in [0, 0.05) is 13.1 Å². The van der Waals surface area contributed by atoms with Gasteiger partial charge >= 0.3 is 0 Å². The maximum atomic E-state index is 6.33. The number of nitrogens with zero attached hydrogens (tertiary/aromatic N) is 1. The van der Waals surface area contributed by atoms with Crippen LogP contribution in [-0.4, -0.2) is 44.9 Å². The van der Waals surface area contributed by atoms with Gasteiger partial charge in [-0.05, 0) is 24.7 Å². The molecule has 4 nitrogen and oxygen atoms in total. The van der Waals surface area contributed by atoms with Gasteiger partial charge in [0.1, 0.15) is 6.10 Å². The zero-order chi connectivity index (χ0) is 16.1. The zero-order valence-electron chi connectivity index (χ0n) is 13.6. The molecule has 122 valence electrons. The minimum atomic E-state index is -0.171. The summed E-state index contributed by atoms with van der Waals surface area (Å²) in [4.78, 5) is 2.27. The number of hydrogen-bond donors (Lipinski definition) is 0. The molecule has 1 aliphatic rings. The van der Waals surface area contributed by atoms with Gasteiger partial charge in [0.2, 0.25) is 0 Å². The highest BCUT2D eigenvalue weighted by Gasteiger charge is 2.30. The molecular weight excluding hydrogens is 290 g/mol. The van der Waals surface area contributed by atoms with Crippen LogP contribution in [0, 0.1) is 0 Å². The van der Waals surface area contributed by atoms with Crippen molar-refractivity contribution in [1.29, 1.82) is 0 Å². The lowest BCUT2D eigenvalue weighted by Gasteiger charge is -2.35. The van der Waals surface area contributed by atoms with Crippen LogP contribution in [0.2, 0.25) is 0 Å². The summed E-state index contributed by atoms with van der Waals surface area (Å²) in [5, 5.41) is 0. The summed E-state index contributed by atoms with van der Waals surface area (Å²) in [5.41, 5.74) is 1.11. The number of hydrogen-bond acceptors (Lipinski definition) is 4. The van der Waals surface area contributed by atoms with E-state index in [0.29, 0.717) is 0 Å². The molecule has 0 spiro atoms. The van der Waals surface area contributed by atoms with Crippen LogP contribution in [0.4, 0.5) is 0 Å². The maximum Gasteiger partial charge on any atom is 0.162 e. The normalized spacial score (nSPS) is 20.0. The molecule has 3 rings (SSSR count). The van der Waals surface area contributed by atoms with Crippen LogP contribution >= 0.6 is 0 Å². The van der Waals surface area contributed by atoms with Crippen LogP contribution in [0.3, 0.4) is 0 Å². The van der Waals surface area contributed by atoms with Gasteiger partial charge < -0.3 is 19.1 Å². The molecule has 0 bridgehead atoms. The first kappa shape index (κ1) is 15.8. The van der Waals surface area contributed by atoms with Crippen molar-refractivity contribution in [1.82, 2.24) is 4.90 Å². The maximum absolute atomic E-state index is 6.33. The standard InChI is InChI=1S/C19H23NO3/c1-20-12-13-22-18(14-20)19(15-8-4-3-5-9-15)23-17-11-7-6-10-16(17)21-2/h3-11,18-19H,12-14H2,1-2H3. The van der Waals surface area contributed by atoms with Gasteiger partial charge in [0.25, 0.3) is 0 Å². The number of para-hydroxylation sites is 2. The molecule has 2 atom stereocenters. The summed E-state index contributed by atoms with van der Waals surface area (Å²) < 4.78 is 17.8. The third kappa shape index (κ3) is 3.84. The van der Waals surface area contributed by atoms with E-state index >= 15 is 0 Å². The molecule has 4 heteroatoms. The van der Waals surface area contributed by atoms with E-state index in [1.165, 1.54) is 0 Å². The van der Waals surface area contributed by atoms with Crippen LogP contribution in [0.1, 0.15) is 11.7 Å². The first-order chi connectivity index (χ1) is 11.3. The first-order valence-corrected chi connectivity index (χ1v) is 7.92. The predicted molar refractivity (Wildman–Crippen MR) is 90.0 cm³/mol. The van der Waals surface area contributed by atoms with E-state index in [1.54, 1.807) is 7.11 Å². The number of benzene rings is 2. The molecule has 1 heterocycles. The van der Waals surface area contributed by atoms with Crippen molar-refractivity contribution in [3.05, 3.63) is 60.2 Å². The van der Waals surface area contributed by atoms with Gasteiger partial charge in [-0.25, -0.2) is 0 Å². The average molecular weight is 313 g/mol. The van der Waals surface area contributed by atoms with Gasteiger partial charge in [-0.3, -0.25) is 0 Å². The Labute approximate surface area is 137 Å². The van der Waals surface area contributed by atoms with Crippen molar-refractivity contribution in [2.24, 2.45) is 0 Å². The third-order valence-corrected chi connectivity index (χ3v) is 4.09. The summed E-state index contributed by atoms with van der Waals surface area (Å²) >= 11 is 0. The molecule has 1 fully saturated rings. The van der Waals surface area contributed by atoms with E-state index in [4.69, 9.17) is 14.2 Å². The van der Waals surface area contributed by atoms with E-state index in [1.807, 2.05) is 42.5 Å². The van der Waals surface area contributed by atoms with Gasteiger partial charge in [-0.1, -0.05) is 42.5 Å². The monoisotopic (exact) mass is 313 g/mol. The minimum absolute atomic E-state index is 0.0129. The minimum Gasteiger partial charge on any atom is -0.493 e. The highest BCUT2D eigenvalue weighted by atomic mass is 16.6. The van der Waals surface area contributed by atoms with Gasteiger partial charge in [-0.2, -0.15) is 0 Å². The number of methoxy groups -OCH3 is 1. The molecule has 2 unspecified atom stereocenters. The Bertz CT molecular complexity index is 617. The van der Waals surface area contributed by atoms with Crippen LogP contribution in [0.5, 0.6) is 11.5 Å². The fourth-order valence-electron chi connectivity index (χ4n) is 2.85. The van der Waals surface area contributed by atoms with E-state index in [9.17, 15) is 0 Å². The molecule has 0 aromatic heterocycles. The van der Waals surface area contributed by atoms with Crippen molar-refractivity contribution in [3.63, 3.8) is 0 Å². The van der Waals surface area contributed by atoms with E-state index in [0.717, 1.165) is 36.8 Å². The summed E-state index contributed by atoms with van der Waals surface area (Å²) in [6.45, 7) is 2.52. The summed E-state index contributed by atoms with van der Waals surface area (Å²) in [5.74, 6) is 1.47. The lowest BCUT2D eigenvalue weighted by atomic mass is 10.0. The Morgan fingerprint density at radius 3 is 2.43 bits per heavy atom. The predicted octanol–water partition coefficient (Wildman–Crippen LogP) is 3.15. The molecule has 2 aromatic carbocycles. The highest BCUT2D eigenvalue weighted by molar-refractivity contribution is 5.40. The summed E-state index contributed by atoms with van der Waals surface area (Å²) in [6.07, 6.45) is -0.184. The van der Waals surface area contributed by atoms with Crippen molar-refractivity contribution in [2.45, 2.75) is 12.2 Å². The van der Waals surface area contributed by atoms with Gasteiger partial charge in [0.05, 0.1) is 13.7 Å². The van der Waals surface area contributed by atoms with Crippen molar-refractivity contribution in [3.8, 4) is 11.5 Å². The molecule has 1 aliphatic heterocycles. The fraction of sp³-hybridized carbons (Fsp3) is 0.368. The Morgan fingerprint density at radius 1 is 1.04 bits per heavy atom. The van der Waals surface area contributed by atoms with Crippen LogP contribution in [-0.2, 0) is 4.74 Å². The SMILES string of the molecule is COc1ccccc1OC(c1ccccc1)C1CN(C)CCO1. The lowest BCUT2D eigenvalue weighted by Crippen LogP contribution is -2.44. The molecule has 0 aliphatic carbocycles. The van der Waals surface area contributed by atoms with E-state index < -0.39 is 0 Å². The van der Waals surface area contributed by atoms with Crippen molar-refractivity contribution < 1.29 is 14.2 Å². The second-order valence-corrected chi connectivity index (χ2v) is 5.77. The first-order valence-electron chi connectivity index (χ1n) is 7.92. The molecule has 0 N–H and O–H groups in total. The number of morpholine rings is 1. The van der Waals surface area contributed by atoms with E-state index in [-0.39, 0.29) is 12.2 Å². The smallest absolute Gasteiger partial charge is 0.162 e. The fourth-order valence-corrected chi connectivity index (χ4v) is 2.85. The molecule has 0 radical (unpaired) electrons. The van der Waals surface area contributed by atoms with Crippen LogP contribution in [0.15, 0.2) is 54.6 Å². The average Bonchev–Trinajstić information content (AvgIpc) is 2.60. The van der Waals surface area contributed by atoms with Gasteiger partial charge in [0.15, 0.2) is 17.6 Å². The summed E-state index contributed by atoms with van der Waals surface area (Å²) in [7, 11) is 3.77. The molecule has 1 saturated heterocycles. The van der Waals surface area contributed by atoms with Crippen LogP contribution < -0.4 is 9.47 Å². The number of likely N-dealkylation sites (N-methyl/N-ethyl adjacent to an activating group) is 1. The second-order valence-electron chi connectivity index (χ2n) is 5.77. The largest absolute Gasteiger partial charge is 0.493 e. The topological polar surface area (TPSA) is 30.9 Å². The molecule has 0 amide bonds. The summed E-state index contributed by atoms with van der Waals surface area (Å²) in [6, 6.07) is 18.0. The molecular formula is C19H23NO3. The number of ether oxygens (including phenoxy) is 3. The Hall–Kier alpha value is -2.04. The Morgan fingerprint density at radius 2 is 1.74 bits per heavy atom. The van der Waals surface area contributed by atoms with Crippen molar-refractivity contribution in [2.75, 3.05) is 33.9 Å². The zero-order valence-corrected chi connectivity index (χ0v) is 13.6. The quantitative estimate of drug-likeness (QED) is 0.848. The molecule has 0 saturated carbocycles. The second kappa shape index (κ2) is 7.49. The molecule has 23 heavy (non-hydrogen) atoms. The highest BCUT2D eigenvalue weighted by Crippen LogP contribution is 2.33. The van der Waals surface area contributed by atoms with E-state index in [2.05, 4.69) is 24.1 Å². The van der Waals surface area contributed by atoms with Crippen molar-refractivity contribution >= 4 is 0 Å². The lowest BCUT2D eigenvalue weighted by molar-refractivity contribution is -0.0763. The van der Waals surface area contributed by atoms with Crippen LogP contribution in [0.25, 0.3) is 0 Å². The molecule has 2 aromatic rings. The Kier molecular flexibility index (Phi) is 5.16. The third-order valence-electron chi connectivity index (χ3n) is 4.09. The Balaban J connectivity index is 1.89. The van der Waals surface area contributed by atoms with Gasteiger partial charge in [-0.15, -0.1) is 0 Å². The number of rotatable bonds is 5.